The van der Waals surface area contributed by atoms with Crippen LogP contribution in [-0.2, 0) is 21.0 Å². The summed E-state index contributed by atoms with van der Waals surface area (Å²) < 4.78 is 71.5. The molecule has 2 aliphatic rings. The Morgan fingerprint density at radius 3 is 2.44 bits per heavy atom. The van der Waals surface area contributed by atoms with Crippen LogP contribution >= 0.6 is 0 Å². The third-order valence-corrected chi connectivity index (χ3v) is 7.34. The third-order valence-electron chi connectivity index (χ3n) is 6.23. The average molecular weight is 528 g/mol. The van der Waals surface area contributed by atoms with Gasteiger partial charge in [0.1, 0.15) is 18.0 Å². The number of anilines is 3. The maximum absolute atomic E-state index is 14.2. The van der Waals surface area contributed by atoms with Crippen molar-refractivity contribution in [1.29, 1.82) is 0 Å². The number of likely N-dealkylation sites (tertiary alicyclic amines) is 1. The lowest BCUT2D eigenvalue weighted by Gasteiger charge is -2.39. The quantitative estimate of drug-likeness (QED) is 0.540. The van der Waals surface area contributed by atoms with Gasteiger partial charge in [-0.2, -0.15) is 13.2 Å². The fraction of sp³-hybridized carbons (Fsp3) is 0.522. The molecular formula is C23H28F3N5O4S. The Kier molecular flexibility index (Phi) is 7.04. The maximum atomic E-state index is 14.2. The van der Waals surface area contributed by atoms with Crippen LogP contribution < -0.4 is 9.80 Å². The second kappa shape index (κ2) is 9.75. The summed E-state index contributed by atoms with van der Waals surface area (Å²) in [4.78, 5) is 24.0. The van der Waals surface area contributed by atoms with E-state index >= 15 is 0 Å². The van der Waals surface area contributed by atoms with E-state index < -0.39 is 28.3 Å². The molecule has 0 radical (unpaired) electrons. The summed E-state index contributed by atoms with van der Waals surface area (Å²) in [6.07, 6.45) is -2.56. The van der Waals surface area contributed by atoms with Gasteiger partial charge in [-0.1, -0.05) is 0 Å². The van der Waals surface area contributed by atoms with Crippen LogP contribution in [0.15, 0.2) is 35.5 Å². The predicted octanol–water partition coefficient (Wildman–Crippen LogP) is 3.91. The topological polar surface area (TPSA) is 95.9 Å². The first-order chi connectivity index (χ1) is 16.8. The van der Waals surface area contributed by atoms with Gasteiger partial charge in [0.25, 0.3) is 0 Å². The Hall–Kier alpha value is -3.09. The minimum absolute atomic E-state index is 0.104. The van der Waals surface area contributed by atoms with E-state index in [4.69, 9.17) is 4.74 Å². The van der Waals surface area contributed by atoms with Crippen LogP contribution in [0.3, 0.4) is 0 Å². The van der Waals surface area contributed by atoms with Gasteiger partial charge in [-0.3, -0.25) is 4.90 Å². The van der Waals surface area contributed by atoms with E-state index in [1.54, 1.807) is 30.9 Å². The van der Waals surface area contributed by atoms with Crippen LogP contribution in [-0.4, -0.2) is 73.7 Å². The molecule has 36 heavy (non-hydrogen) atoms. The molecule has 3 heterocycles. The number of sulfone groups is 1. The molecule has 0 saturated carbocycles. The Labute approximate surface area is 207 Å². The van der Waals surface area contributed by atoms with E-state index in [1.165, 1.54) is 17.0 Å². The van der Waals surface area contributed by atoms with Crippen LogP contribution in [0.5, 0.6) is 0 Å². The number of halogens is 3. The highest BCUT2D eigenvalue weighted by atomic mass is 32.2. The summed E-state index contributed by atoms with van der Waals surface area (Å²) in [7, 11) is -3.38. The third kappa shape index (κ3) is 5.50. The molecule has 0 N–H and O–H groups in total. The SMILES string of the molecule is CC(C)OC(=O)N1CCC(N(c2cc(N3CCc4cc(S(C)(=O)=O)ccc43)ncn2)C(F)(F)F)CC1. The number of amides is 1. The van der Waals surface area contributed by atoms with Crippen LogP contribution in [0.2, 0.25) is 0 Å². The first-order valence-electron chi connectivity index (χ1n) is 11.6. The van der Waals surface area contributed by atoms with Gasteiger partial charge >= 0.3 is 12.4 Å². The van der Waals surface area contributed by atoms with Crippen molar-refractivity contribution in [2.45, 2.75) is 56.5 Å². The number of hydrogen-bond donors (Lipinski definition) is 0. The second-order valence-electron chi connectivity index (χ2n) is 9.19. The number of piperidine rings is 1. The zero-order valence-corrected chi connectivity index (χ0v) is 21.0. The lowest BCUT2D eigenvalue weighted by molar-refractivity contribution is -0.137. The van der Waals surface area contributed by atoms with Crippen LogP contribution in [0.1, 0.15) is 32.3 Å². The lowest BCUT2D eigenvalue weighted by Crippen LogP contribution is -2.52. The van der Waals surface area contributed by atoms with Crippen molar-refractivity contribution in [3.05, 3.63) is 36.2 Å². The normalized spacial score (nSPS) is 16.9. The molecule has 1 amide bonds. The fourth-order valence-corrected chi connectivity index (χ4v) is 5.24. The minimum atomic E-state index is -4.69. The lowest BCUT2D eigenvalue weighted by atomic mass is 10.0. The number of aromatic nitrogens is 2. The molecule has 1 fully saturated rings. The van der Waals surface area contributed by atoms with Gasteiger partial charge in [-0.15, -0.1) is 0 Å². The number of carbonyl (C=O) groups excluding carboxylic acids is 1. The molecule has 0 spiro atoms. The van der Waals surface area contributed by atoms with Gasteiger partial charge in [0.15, 0.2) is 9.84 Å². The molecular weight excluding hydrogens is 499 g/mol. The molecule has 4 rings (SSSR count). The molecule has 1 aromatic carbocycles. The van der Waals surface area contributed by atoms with Gasteiger partial charge in [-0.25, -0.2) is 23.2 Å². The Balaban J connectivity index is 1.56. The molecule has 2 aromatic rings. The first-order valence-corrected chi connectivity index (χ1v) is 13.5. The van der Waals surface area contributed by atoms with E-state index in [1.807, 2.05) is 0 Å². The summed E-state index contributed by atoms with van der Waals surface area (Å²) in [6.45, 7) is 4.16. The molecule has 0 atom stereocenters. The number of fused-ring (bicyclic) bond motifs is 1. The number of carbonyl (C=O) groups is 1. The summed E-state index contributed by atoms with van der Waals surface area (Å²) in [5.74, 6) is 0.00923. The number of ether oxygens (including phenoxy) is 1. The zero-order valence-electron chi connectivity index (χ0n) is 20.2. The average Bonchev–Trinajstić information content (AvgIpc) is 3.21. The number of alkyl halides is 3. The molecule has 9 nitrogen and oxygen atoms in total. The fourth-order valence-electron chi connectivity index (χ4n) is 4.57. The molecule has 13 heteroatoms. The number of nitrogens with zero attached hydrogens (tertiary/aromatic N) is 5. The predicted molar refractivity (Wildman–Crippen MR) is 127 cm³/mol. The second-order valence-corrected chi connectivity index (χ2v) is 11.2. The van der Waals surface area contributed by atoms with Gasteiger partial charge in [0.2, 0.25) is 0 Å². The van der Waals surface area contributed by atoms with Crippen molar-refractivity contribution >= 4 is 33.3 Å². The number of hydrogen-bond acceptors (Lipinski definition) is 8. The van der Waals surface area contributed by atoms with Gasteiger partial charge < -0.3 is 14.5 Å². The zero-order chi connectivity index (χ0) is 26.3. The van der Waals surface area contributed by atoms with Crippen molar-refractivity contribution in [2.75, 3.05) is 35.7 Å². The Morgan fingerprint density at radius 1 is 1.14 bits per heavy atom. The number of benzene rings is 1. The van der Waals surface area contributed by atoms with Gasteiger partial charge in [0, 0.05) is 43.7 Å². The maximum Gasteiger partial charge on any atom is 0.486 e. The molecule has 1 saturated heterocycles. The van der Waals surface area contributed by atoms with Gasteiger partial charge in [-0.05, 0) is 56.9 Å². The minimum Gasteiger partial charge on any atom is -0.447 e. The van der Waals surface area contributed by atoms with E-state index in [0.717, 1.165) is 18.1 Å². The van der Waals surface area contributed by atoms with Gasteiger partial charge in [0.05, 0.1) is 11.0 Å². The van der Waals surface area contributed by atoms with E-state index in [-0.39, 0.29) is 48.6 Å². The Morgan fingerprint density at radius 2 is 1.83 bits per heavy atom. The van der Waals surface area contributed by atoms with E-state index in [0.29, 0.717) is 23.6 Å². The highest BCUT2D eigenvalue weighted by Crippen LogP contribution is 2.38. The van der Waals surface area contributed by atoms with Crippen molar-refractivity contribution in [2.24, 2.45) is 0 Å². The van der Waals surface area contributed by atoms with Crippen LogP contribution in [0, 0.1) is 0 Å². The molecule has 2 aliphatic heterocycles. The highest BCUT2D eigenvalue weighted by Gasteiger charge is 2.44. The summed E-state index contributed by atoms with van der Waals surface area (Å²) >= 11 is 0. The summed E-state index contributed by atoms with van der Waals surface area (Å²) in [5, 5.41) is 0. The monoisotopic (exact) mass is 527 g/mol. The van der Waals surface area contributed by atoms with Crippen molar-refractivity contribution in [3.8, 4) is 0 Å². The first kappa shape index (κ1) is 26.0. The molecule has 0 bridgehead atoms. The smallest absolute Gasteiger partial charge is 0.447 e. The summed E-state index contributed by atoms with van der Waals surface area (Å²) in [6, 6.07) is 5.11. The van der Waals surface area contributed by atoms with E-state index in [2.05, 4.69) is 9.97 Å². The standard InChI is InChI=1S/C23H28F3N5O4S/c1-15(2)35-22(32)29-9-7-17(8-10-29)31(23(24,25)26)21-13-20(27-14-28-21)30-11-6-16-12-18(36(3,33)34)4-5-19(16)30/h4-5,12-15,17H,6-11H2,1-3H3. The van der Waals surface area contributed by atoms with E-state index in [9.17, 15) is 26.4 Å². The number of rotatable bonds is 5. The largest absolute Gasteiger partial charge is 0.486 e. The molecule has 0 unspecified atom stereocenters. The van der Waals surface area contributed by atoms with Crippen molar-refractivity contribution in [3.63, 3.8) is 0 Å². The van der Waals surface area contributed by atoms with Crippen LogP contribution in [0.25, 0.3) is 0 Å². The molecule has 1 aromatic heterocycles. The summed E-state index contributed by atoms with van der Waals surface area (Å²) in [5.41, 5.74) is 1.48. The molecule has 196 valence electrons. The van der Waals surface area contributed by atoms with Crippen molar-refractivity contribution in [1.82, 2.24) is 14.9 Å². The van der Waals surface area contributed by atoms with Crippen LogP contribution in [0.4, 0.5) is 35.3 Å². The molecule has 0 aliphatic carbocycles. The van der Waals surface area contributed by atoms with Crippen molar-refractivity contribution < 1.29 is 31.1 Å². The highest BCUT2D eigenvalue weighted by molar-refractivity contribution is 7.90. The Bertz CT molecular complexity index is 1230.